The molecule has 0 saturated heterocycles. The SMILES string of the molecule is CNc1cc(-c2cccc(-c3cc(NC(=O)c4ccnc(C(F)(F)F)c4)ccc3C)c2)ccn1. The third kappa shape index (κ3) is 5.06. The van der Waals surface area contributed by atoms with Crippen LogP contribution in [0.3, 0.4) is 0 Å². The number of pyridine rings is 2. The molecule has 4 aromatic rings. The standard InChI is InChI=1S/C26H21F3N4O/c1-16-6-7-21(33-25(34)20-9-10-31-23(13-20)26(27,28)29)15-22(16)19-5-3-4-17(12-19)18-8-11-32-24(14-18)30-2/h3-15H,1-2H3,(H,30,32)(H,33,34). The van der Waals surface area contributed by atoms with Crippen molar-refractivity contribution in [2.24, 2.45) is 0 Å². The van der Waals surface area contributed by atoms with Crippen molar-refractivity contribution < 1.29 is 18.0 Å². The van der Waals surface area contributed by atoms with E-state index in [4.69, 9.17) is 0 Å². The Balaban J connectivity index is 1.63. The molecule has 0 spiro atoms. The van der Waals surface area contributed by atoms with Gasteiger partial charge in [-0.05, 0) is 77.2 Å². The molecule has 4 rings (SSSR count). The van der Waals surface area contributed by atoms with E-state index in [1.165, 1.54) is 6.07 Å². The van der Waals surface area contributed by atoms with Gasteiger partial charge in [0.05, 0.1) is 0 Å². The molecule has 1 amide bonds. The summed E-state index contributed by atoms with van der Waals surface area (Å²) in [7, 11) is 1.81. The second kappa shape index (κ2) is 9.35. The zero-order chi connectivity index (χ0) is 24.3. The minimum atomic E-state index is -4.62. The van der Waals surface area contributed by atoms with E-state index in [-0.39, 0.29) is 5.56 Å². The van der Waals surface area contributed by atoms with Crippen LogP contribution in [-0.4, -0.2) is 22.9 Å². The summed E-state index contributed by atoms with van der Waals surface area (Å²) in [6.45, 7) is 1.96. The molecule has 5 nitrogen and oxygen atoms in total. The number of alkyl halides is 3. The van der Waals surface area contributed by atoms with Crippen LogP contribution >= 0.6 is 0 Å². The molecule has 8 heteroatoms. The zero-order valence-electron chi connectivity index (χ0n) is 18.4. The number of aryl methyl sites for hydroxylation is 1. The number of hydrogen-bond acceptors (Lipinski definition) is 4. The summed E-state index contributed by atoms with van der Waals surface area (Å²) >= 11 is 0. The molecule has 0 aliphatic rings. The van der Waals surface area contributed by atoms with E-state index >= 15 is 0 Å². The van der Waals surface area contributed by atoms with Gasteiger partial charge in [0.2, 0.25) is 0 Å². The Morgan fingerprint density at radius 1 is 0.853 bits per heavy atom. The Hall–Kier alpha value is -4.20. The predicted molar refractivity (Wildman–Crippen MR) is 127 cm³/mol. The topological polar surface area (TPSA) is 66.9 Å². The van der Waals surface area contributed by atoms with Crippen molar-refractivity contribution in [1.82, 2.24) is 9.97 Å². The molecular weight excluding hydrogens is 441 g/mol. The summed E-state index contributed by atoms with van der Waals surface area (Å²) < 4.78 is 38.8. The van der Waals surface area contributed by atoms with Gasteiger partial charge in [-0.1, -0.05) is 24.3 Å². The number of nitrogens with one attached hydrogen (secondary N) is 2. The van der Waals surface area contributed by atoms with Crippen molar-refractivity contribution in [2.45, 2.75) is 13.1 Å². The van der Waals surface area contributed by atoms with E-state index in [9.17, 15) is 18.0 Å². The average molecular weight is 462 g/mol. The third-order valence-corrected chi connectivity index (χ3v) is 5.33. The maximum atomic E-state index is 12.9. The molecule has 2 aromatic carbocycles. The van der Waals surface area contributed by atoms with Gasteiger partial charge >= 0.3 is 6.18 Å². The third-order valence-electron chi connectivity index (χ3n) is 5.33. The van der Waals surface area contributed by atoms with Crippen LogP contribution < -0.4 is 10.6 Å². The van der Waals surface area contributed by atoms with Crippen LogP contribution in [0, 0.1) is 6.92 Å². The van der Waals surface area contributed by atoms with Gasteiger partial charge in [-0.25, -0.2) is 4.98 Å². The van der Waals surface area contributed by atoms with Crippen LogP contribution in [-0.2, 0) is 6.18 Å². The fourth-order valence-corrected chi connectivity index (χ4v) is 3.55. The first kappa shape index (κ1) is 23.0. The summed E-state index contributed by atoms with van der Waals surface area (Å²) in [6.07, 6.45) is -1.91. The van der Waals surface area contributed by atoms with E-state index in [1.54, 1.807) is 12.3 Å². The van der Waals surface area contributed by atoms with Crippen molar-refractivity contribution >= 4 is 17.4 Å². The van der Waals surface area contributed by atoms with Crippen LogP contribution in [0.1, 0.15) is 21.6 Å². The molecule has 172 valence electrons. The van der Waals surface area contributed by atoms with E-state index in [0.717, 1.165) is 45.9 Å². The molecule has 0 bridgehead atoms. The first-order valence-corrected chi connectivity index (χ1v) is 10.4. The van der Waals surface area contributed by atoms with Gasteiger partial charge in [0.15, 0.2) is 0 Å². The zero-order valence-corrected chi connectivity index (χ0v) is 18.4. The van der Waals surface area contributed by atoms with Gasteiger partial charge in [-0.15, -0.1) is 0 Å². The molecule has 0 unspecified atom stereocenters. The number of anilines is 2. The number of carbonyl (C=O) groups excluding carboxylic acids is 1. The summed E-state index contributed by atoms with van der Waals surface area (Å²) in [5.74, 6) is 0.112. The highest BCUT2D eigenvalue weighted by Gasteiger charge is 2.33. The second-order valence-electron chi connectivity index (χ2n) is 7.67. The largest absolute Gasteiger partial charge is 0.433 e. The molecule has 0 fully saturated rings. The number of amides is 1. The fraction of sp³-hybridized carbons (Fsp3) is 0.115. The highest BCUT2D eigenvalue weighted by molar-refractivity contribution is 6.04. The quantitative estimate of drug-likeness (QED) is 0.359. The molecule has 0 saturated carbocycles. The number of benzene rings is 2. The Morgan fingerprint density at radius 2 is 1.59 bits per heavy atom. The van der Waals surface area contributed by atoms with Crippen molar-refractivity contribution in [2.75, 3.05) is 17.7 Å². The summed E-state index contributed by atoms with van der Waals surface area (Å²) in [5, 5.41) is 5.71. The van der Waals surface area contributed by atoms with Crippen LogP contribution in [0.4, 0.5) is 24.7 Å². The Labute approximate surface area is 194 Å². The van der Waals surface area contributed by atoms with Gasteiger partial charge in [0.1, 0.15) is 11.5 Å². The Kier molecular flexibility index (Phi) is 6.32. The minimum absolute atomic E-state index is 0.121. The number of aromatic nitrogens is 2. The average Bonchev–Trinajstić information content (AvgIpc) is 2.85. The van der Waals surface area contributed by atoms with E-state index in [1.807, 2.05) is 62.5 Å². The van der Waals surface area contributed by atoms with Crippen molar-refractivity contribution in [3.05, 3.63) is 95.9 Å². The molecule has 34 heavy (non-hydrogen) atoms. The van der Waals surface area contributed by atoms with Crippen LogP contribution in [0.15, 0.2) is 79.1 Å². The smallest absolute Gasteiger partial charge is 0.373 e. The normalized spacial score (nSPS) is 11.2. The van der Waals surface area contributed by atoms with Gasteiger partial charge in [0.25, 0.3) is 5.91 Å². The number of rotatable bonds is 5. The monoisotopic (exact) mass is 462 g/mol. The maximum absolute atomic E-state index is 12.9. The van der Waals surface area contributed by atoms with E-state index in [0.29, 0.717) is 5.69 Å². The van der Waals surface area contributed by atoms with Crippen molar-refractivity contribution in [1.29, 1.82) is 0 Å². The molecule has 2 N–H and O–H groups in total. The highest BCUT2D eigenvalue weighted by atomic mass is 19.4. The van der Waals surface area contributed by atoms with Crippen LogP contribution in [0.2, 0.25) is 0 Å². The van der Waals surface area contributed by atoms with Crippen LogP contribution in [0.5, 0.6) is 0 Å². The van der Waals surface area contributed by atoms with Gasteiger partial charge in [0, 0.05) is 30.7 Å². The minimum Gasteiger partial charge on any atom is -0.373 e. The van der Waals surface area contributed by atoms with Crippen LogP contribution in [0.25, 0.3) is 22.3 Å². The molecule has 0 aliphatic carbocycles. The van der Waals surface area contributed by atoms with Gasteiger partial charge in [-0.2, -0.15) is 13.2 Å². The lowest BCUT2D eigenvalue weighted by Gasteiger charge is -2.13. The number of hydrogen-bond donors (Lipinski definition) is 2. The Bertz CT molecular complexity index is 1350. The Morgan fingerprint density at radius 3 is 2.35 bits per heavy atom. The molecule has 0 radical (unpaired) electrons. The van der Waals surface area contributed by atoms with Gasteiger partial charge < -0.3 is 10.6 Å². The fourth-order valence-electron chi connectivity index (χ4n) is 3.55. The number of nitrogens with zero attached hydrogens (tertiary/aromatic N) is 2. The summed E-state index contributed by atoms with van der Waals surface area (Å²) in [5.41, 5.74) is 4.07. The predicted octanol–water partition coefficient (Wildman–Crippen LogP) is 6.43. The molecule has 0 aliphatic heterocycles. The molecule has 0 atom stereocenters. The summed E-state index contributed by atoms with van der Waals surface area (Å²) in [4.78, 5) is 20.1. The second-order valence-corrected chi connectivity index (χ2v) is 7.67. The lowest BCUT2D eigenvalue weighted by atomic mass is 9.96. The summed E-state index contributed by atoms with van der Waals surface area (Å²) in [6, 6.07) is 19.2. The lowest BCUT2D eigenvalue weighted by Crippen LogP contribution is -2.15. The molecule has 2 aromatic heterocycles. The molecule has 2 heterocycles. The van der Waals surface area contributed by atoms with Crippen molar-refractivity contribution in [3.63, 3.8) is 0 Å². The van der Waals surface area contributed by atoms with Crippen molar-refractivity contribution in [3.8, 4) is 22.3 Å². The highest BCUT2D eigenvalue weighted by Crippen LogP contribution is 2.31. The first-order valence-electron chi connectivity index (χ1n) is 10.4. The maximum Gasteiger partial charge on any atom is 0.433 e. The molecular formula is C26H21F3N4O. The number of carbonyl (C=O) groups is 1. The lowest BCUT2D eigenvalue weighted by molar-refractivity contribution is -0.141. The van der Waals surface area contributed by atoms with E-state index in [2.05, 4.69) is 20.6 Å². The first-order chi connectivity index (χ1) is 16.2. The van der Waals surface area contributed by atoms with E-state index < -0.39 is 17.8 Å². The number of halogens is 3. The van der Waals surface area contributed by atoms with Gasteiger partial charge in [-0.3, -0.25) is 9.78 Å².